The fourth-order valence-corrected chi connectivity index (χ4v) is 3.17. The van der Waals surface area contributed by atoms with Gasteiger partial charge in [-0.2, -0.15) is 5.26 Å². The summed E-state index contributed by atoms with van der Waals surface area (Å²) in [4.78, 5) is 29.9. The number of nitrogens with zero attached hydrogens (tertiary/aromatic N) is 3. The quantitative estimate of drug-likeness (QED) is 0.842. The van der Waals surface area contributed by atoms with Crippen LogP contribution in [0.5, 0.6) is 0 Å². The zero-order valence-corrected chi connectivity index (χ0v) is 14.9. The highest BCUT2D eigenvalue weighted by atomic mass is 16.2. The second-order valence-corrected chi connectivity index (χ2v) is 6.67. The fraction of sp³-hybridized carbons (Fsp3) is 0.300. The Bertz CT molecular complexity index is 855. The Morgan fingerprint density at radius 1 is 1.26 bits per heavy atom. The lowest BCUT2D eigenvalue weighted by Crippen LogP contribution is -2.40. The third-order valence-electron chi connectivity index (χ3n) is 4.66. The average Bonchev–Trinajstić information content (AvgIpc) is 2.69. The van der Waals surface area contributed by atoms with Gasteiger partial charge in [0.05, 0.1) is 11.5 Å². The molecule has 1 fully saturated rings. The Balaban J connectivity index is 1.58. The Hall–Kier alpha value is -3.24. The van der Waals surface area contributed by atoms with Crippen molar-refractivity contribution in [3.63, 3.8) is 0 Å². The van der Waals surface area contributed by atoms with Crippen molar-refractivity contribution < 1.29 is 9.59 Å². The summed E-state index contributed by atoms with van der Waals surface area (Å²) in [6.07, 6.45) is 3.23. The topological polar surface area (TPSA) is 112 Å². The number of carbonyl (C=O) groups is 2. The summed E-state index contributed by atoms with van der Waals surface area (Å²) in [6, 6.07) is 12.5. The number of pyridine rings is 1. The van der Waals surface area contributed by atoms with E-state index in [1.54, 1.807) is 24.3 Å². The van der Waals surface area contributed by atoms with Gasteiger partial charge in [0.15, 0.2) is 0 Å². The van der Waals surface area contributed by atoms with Crippen LogP contribution in [0.3, 0.4) is 0 Å². The van der Waals surface area contributed by atoms with E-state index in [0.717, 1.165) is 31.5 Å². The lowest BCUT2D eigenvalue weighted by atomic mass is 9.97. The normalized spacial score (nSPS) is 17.1. The lowest BCUT2D eigenvalue weighted by molar-refractivity contribution is -0.123. The van der Waals surface area contributed by atoms with Gasteiger partial charge >= 0.3 is 0 Å². The molecule has 1 aliphatic heterocycles. The number of aromatic nitrogens is 1. The maximum Gasteiger partial charge on any atom is 0.256 e. The largest absolute Gasteiger partial charge is 0.369 e. The van der Waals surface area contributed by atoms with Gasteiger partial charge in [0, 0.05) is 24.8 Å². The molecule has 1 aliphatic rings. The minimum absolute atomic E-state index is 0.0799. The Morgan fingerprint density at radius 3 is 2.67 bits per heavy atom. The highest BCUT2D eigenvalue weighted by Crippen LogP contribution is 2.18. The molecule has 1 aromatic carbocycles. The van der Waals surface area contributed by atoms with Gasteiger partial charge in [0.25, 0.3) is 5.91 Å². The van der Waals surface area contributed by atoms with Gasteiger partial charge in [-0.1, -0.05) is 12.1 Å². The molecule has 1 saturated heterocycles. The molecule has 27 heavy (non-hydrogen) atoms. The molecule has 2 aromatic rings. The van der Waals surface area contributed by atoms with E-state index in [1.807, 2.05) is 18.2 Å². The zero-order valence-electron chi connectivity index (χ0n) is 14.9. The van der Waals surface area contributed by atoms with Crippen LogP contribution in [-0.4, -0.2) is 34.8 Å². The van der Waals surface area contributed by atoms with Crippen LogP contribution in [0.4, 0.5) is 5.82 Å². The number of anilines is 1. The number of carbonyl (C=O) groups excluding carboxylic acids is 2. The van der Waals surface area contributed by atoms with E-state index >= 15 is 0 Å². The first kappa shape index (κ1) is 18.5. The summed E-state index contributed by atoms with van der Waals surface area (Å²) >= 11 is 0. The van der Waals surface area contributed by atoms with Crippen LogP contribution >= 0.6 is 0 Å². The van der Waals surface area contributed by atoms with Crippen molar-refractivity contribution in [2.75, 3.05) is 18.4 Å². The van der Waals surface area contributed by atoms with Gasteiger partial charge in [-0.3, -0.25) is 14.5 Å². The second-order valence-electron chi connectivity index (χ2n) is 6.67. The van der Waals surface area contributed by atoms with Crippen LogP contribution in [0.15, 0.2) is 42.6 Å². The summed E-state index contributed by atoms with van der Waals surface area (Å²) in [7, 11) is 0. The SMILES string of the molecule is N#Cc1ccc(NC(=O)c2ccc(CN3CCC[C@@H](C(N)=O)C3)cc2)nc1. The molecule has 0 bridgehead atoms. The molecule has 138 valence electrons. The van der Waals surface area contributed by atoms with Crippen molar-refractivity contribution in [2.45, 2.75) is 19.4 Å². The second kappa shape index (κ2) is 8.43. The Morgan fingerprint density at radius 2 is 2.04 bits per heavy atom. The van der Waals surface area contributed by atoms with E-state index in [0.29, 0.717) is 23.5 Å². The van der Waals surface area contributed by atoms with E-state index in [-0.39, 0.29) is 17.7 Å². The first-order valence-corrected chi connectivity index (χ1v) is 8.83. The van der Waals surface area contributed by atoms with Crippen LogP contribution in [0, 0.1) is 17.2 Å². The van der Waals surface area contributed by atoms with Gasteiger partial charge in [0.2, 0.25) is 5.91 Å². The van der Waals surface area contributed by atoms with Crippen molar-refractivity contribution in [3.8, 4) is 6.07 Å². The number of benzene rings is 1. The van der Waals surface area contributed by atoms with Gasteiger partial charge in [0.1, 0.15) is 11.9 Å². The monoisotopic (exact) mass is 363 g/mol. The highest BCUT2D eigenvalue weighted by molar-refractivity contribution is 6.03. The molecule has 7 nitrogen and oxygen atoms in total. The summed E-state index contributed by atoms with van der Waals surface area (Å²) in [6.45, 7) is 2.35. The molecular weight excluding hydrogens is 342 g/mol. The minimum Gasteiger partial charge on any atom is -0.369 e. The summed E-state index contributed by atoms with van der Waals surface area (Å²) in [5.41, 5.74) is 7.47. The molecule has 0 radical (unpaired) electrons. The number of likely N-dealkylation sites (tertiary alicyclic amines) is 1. The molecule has 7 heteroatoms. The van der Waals surface area contributed by atoms with Crippen molar-refractivity contribution in [1.82, 2.24) is 9.88 Å². The number of hydrogen-bond donors (Lipinski definition) is 2. The van der Waals surface area contributed by atoms with E-state index < -0.39 is 0 Å². The minimum atomic E-state index is -0.259. The smallest absolute Gasteiger partial charge is 0.256 e. The van der Waals surface area contributed by atoms with Gasteiger partial charge in [-0.05, 0) is 49.2 Å². The Kier molecular flexibility index (Phi) is 5.79. The number of hydrogen-bond acceptors (Lipinski definition) is 5. The average molecular weight is 363 g/mol. The van der Waals surface area contributed by atoms with Crippen LogP contribution in [0.2, 0.25) is 0 Å². The number of piperidine rings is 1. The predicted molar refractivity (Wildman–Crippen MR) is 101 cm³/mol. The molecule has 0 unspecified atom stereocenters. The standard InChI is InChI=1S/C20H21N5O2/c21-10-15-5-8-18(23-11-15)24-20(27)16-6-3-14(4-7-16)12-25-9-1-2-17(13-25)19(22)26/h3-8,11,17H,1-2,9,12-13H2,(H2,22,26)(H,23,24,27)/t17-/m1/s1. The molecule has 3 rings (SSSR count). The van der Waals surface area contributed by atoms with Crippen molar-refractivity contribution >= 4 is 17.6 Å². The van der Waals surface area contributed by atoms with Crippen LogP contribution in [-0.2, 0) is 11.3 Å². The number of primary amides is 1. The number of amides is 2. The molecular formula is C20H21N5O2. The Labute approximate surface area is 157 Å². The van der Waals surface area contributed by atoms with Crippen LogP contribution < -0.4 is 11.1 Å². The highest BCUT2D eigenvalue weighted by Gasteiger charge is 2.23. The molecule has 1 atom stereocenters. The predicted octanol–water partition coefficient (Wildman–Crippen LogP) is 1.90. The number of nitrogens with two attached hydrogens (primary N) is 1. The van der Waals surface area contributed by atoms with Gasteiger partial charge < -0.3 is 11.1 Å². The third kappa shape index (κ3) is 4.90. The van der Waals surface area contributed by atoms with Gasteiger partial charge in [-0.25, -0.2) is 4.98 Å². The third-order valence-corrected chi connectivity index (χ3v) is 4.66. The number of nitriles is 1. The van der Waals surface area contributed by atoms with Crippen molar-refractivity contribution in [2.24, 2.45) is 11.7 Å². The first-order chi connectivity index (χ1) is 13.0. The molecule has 0 spiro atoms. The molecule has 1 aromatic heterocycles. The van der Waals surface area contributed by atoms with Crippen molar-refractivity contribution in [1.29, 1.82) is 5.26 Å². The van der Waals surface area contributed by atoms with E-state index in [1.165, 1.54) is 6.20 Å². The molecule has 0 saturated carbocycles. The molecule has 3 N–H and O–H groups in total. The number of nitrogens with one attached hydrogen (secondary N) is 1. The van der Waals surface area contributed by atoms with Crippen LogP contribution in [0.1, 0.15) is 34.3 Å². The maximum absolute atomic E-state index is 12.3. The molecule has 0 aliphatic carbocycles. The molecule has 2 heterocycles. The lowest BCUT2D eigenvalue weighted by Gasteiger charge is -2.31. The van der Waals surface area contributed by atoms with Gasteiger partial charge in [-0.15, -0.1) is 0 Å². The molecule has 2 amide bonds. The zero-order chi connectivity index (χ0) is 19.2. The number of rotatable bonds is 5. The van der Waals surface area contributed by atoms with E-state index in [9.17, 15) is 9.59 Å². The summed E-state index contributed by atoms with van der Waals surface area (Å²) in [5.74, 6) is -0.175. The van der Waals surface area contributed by atoms with Crippen molar-refractivity contribution in [3.05, 3.63) is 59.3 Å². The maximum atomic E-state index is 12.3. The summed E-state index contributed by atoms with van der Waals surface area (Å²) in [5, 5.41) is 11.5. The van der Waals surface area contributed by atoms with E-state index in [4.69, 9.17) is 11.0 Å². The first-order valence-electron chi connectivity index (χ1n) is 8.83. The van der Waals surface area contributed by atoms with Crippen LogP contribution in [0.25, 0.3) is 0 Å². The summed E-state index contributed by atoms with van der Waals surface area (Å²) < 4.78 is 0. The fourth-order valence-electron chi connectivity index (χ4n) is 3.17. The van der Waals surface area contributed by atoms with E-state index in [2.05, 4.69) is 15.2 Å².